The molecule has 2 amide bonds. The molecule has 21 heavy (non-hydrogen) atoms. The number of likely N-dealkylation sites (tertiary alicyclic amines) is 1. The second-order valence-corrected chi connectivity index (χ2v) is 6.47. The Bertz CT molecular complexity index is 532. The summed E-state index contributed by atoms with van der Waals surface area (Å²) in [5.41, 5.74) is 1.01. The minimum atomic E-state index is -0.834. The molecule has 2 N–H and O–H groups in total. The second-order valence-electron chi connectivity index (χ2n) is 5.55. The van der Waals surface area contributed by atoms with Crippen LogP contribution >= 0.6 is 15.9 Å². The molecule has 1 fully saturated rings. The van der Waals surface area contributed by atoms with Gasteiger partial charge in [-0.05, 0) is 30.5 Å². The fraction of sp³-hybridized carbons (Fsp3) is 0.467. The number of halogens is 1. The van der Waals surface area contributed by atoms with Crippen LogP contribution in [0, 0.1) is 11.8 Å². The molecule has 1 aliphatic heterocycles. The highest BCUT2D eigenvalue weighted by Gasteiger charge is 2.37. The van der Waals surface area contributed by atoms with Crippen LogP contribution in [-0.2, 0) is 4.79 Å². The molecule has 5 nitrogen and oxygen atoms in total. The molecule has 6 heteroatoms. The smallest absolute Gasteiger partial charge is 0.317 e. The zero-order valence-electron chi connectivity index (χ0n) is 12.0. The topological polar surface area (TPSA) is 69.6 Å². The van der Waals surface area contributed by atoms with Crippen LogP contribution < -0.4 is 5.32 Å². The van der Waals surface area contributed by atoms with Gasteiger partial charge in [0.1, 0.15) is 0 Å². The maximum atomic E-state index is 12.2. The highest BCUT2D eigenvalue weighted by molar-refractivity contribution is 9.10. The Morgan fingerprint density at radius 1 is 1.33 bits per heavy atom. The molecule has 0 aromatic heterocycles. The normalized spacial score (nSPS) is 22.9. The number of nitrogens with zero attached hydrogens (tertiary/aromatic N) is 1. The number of urea groups is 1. The van der Waals surface area contributed by atoms with Crippen molar-refractivity contribution in [2.75, 3.05) is 13.1 Å². The van der Waals surface area contributed by atoms with E-state index in [-0.39, 0.29) is 24.5 Å². The van der Waals surface area contributed by atoms with Crippen LogP contribution in [0.2, 0.25) is 0 Å². The van der Waals surface area contributed by atoms with Crippen molar-refractivity contribution in [2.24, 2.45) is 11.8 Å². The first-order chi connectivity index (χ1) is 9.88. The number of carboxylic acid groups (broad SMARTS) is 1. The Morgan fingerprint density at radius 3 is 2.48 bits per heavy atom. The summed E-state index contributed by atoms with van der Waals surface area (Å²) >= 11 is 3.37. The average Bonchev–Trinajstić information content (AvgIpc) is 2.81. The van der Waals surface area contributed by atoms with Gasteiger partial charge in [0, 0.05) is 17.6 Å². The molecule has 2 rings (SSSR count). The molecule has 1 aromatic carbocycles. The van der Waals surface area contributed by atoms with Crippen molar-refractivity contribution >= 4 is 27.9 Å². The van der Waals surface area contributed by atoms with E-state index < -0.39 is 11.9 Å². The third-order valence-electron chi connectivity index (χ3n) is 3.93. The fourth-order valence-electron chi connectivity index (χ4n) is 2.57. The van der Waals surface area contributed by atoms with Crippen molar-refractivity contribution in [1.29, 1.82) is 0 Å². The molecule has 1 aliphatic rings. The summed E-state index contributed by atoms with van der Waals surface area (Å²) in [6.07, 6.45) is 0. The van der Waals surface area contributed by atoms with E-state index in [4.69, 9.17) is 5.11 Å². The number of nitrogens with one attached hydrogen (secondary N) is 1. The molecule has 1 unspecified atom stereocenters. The second kappa shape index (κ2) is 6.47. The summed E-state index contributed by atoms with van der Waals surface area (Å²) in [4.78, 5) is 24.9. The van der Waals surface area contributed by atoms with Gasteiger partial charge in [-0.3, -0.25) is 4.79 Å². The molecule has 0 spiro atoms. The van der Waals surface area contributed by atoms with E-state index in [9.17, 15) is 9.59 Å². The van der Waals surface area contributed by atoms with Gasteiger partial charge in [0.2, 0.25) is 0 Å². The molecule has 1 aromatic rings. The maximum absolute atomic E-state index is 12.2. The van der Waals surface area contributed by atoms with Gasteiger partial charge in [-0.2, -0.15) is 0 Å². The molecule has 114 valence electrons. The Labute approximate surface area is 132 Å². The highest BCUT2D eigenvalue weighted by atomic mass is 79.9. The van der Waals surface area contributed by atoms with E-state index in [1.54, 1.807) is 4.90 Å². The van der Waals surface area contributed by atoms with E-state index in [2.05, 4.69) is 21.2 Å². The van der Waals surface area contributed by atoms with Crippen LogP contribution in [0.15, 0.2) is 28.7 Å². The summed E-state index contributed by atoms with van der Waals surface area (Å²) in [6, 6.07) is 7.42. The first kappa shape index (κ1) is 15.8. The number of carbonyl (C=O) groups excluding carboxylic acids is 1. The summed E-state index contributed by atoms with van der Waals surface area (Å²) < 4.78 is 0.988. The number of aliphatic carboxylic acids is 1. The summed E-state index contributed by atoms with van der Waals surface area (Å²) in [6.45, 7) is 4.53. The van der Waals surface area contributed by atoms with Gasteiger partial charge >= 0.3 is 12.0 Å². The molecule has 0 aliphatic carbocycles. The highest BCUT2D eigenvalue weighted by Crippen LogP contribution is 2.24. The van der Waals surface area contributed by atoms with Gasteiger partial charge < -0.3 is 15.3 Å². The van der Waals surface area contributed by atoms with Crippen LogP contribution in [0.25, 0.3) is 0 Å². The molecule has 3 atom stereocenters. The zero-order chi connectivity index (χ0) is 15.6. The van der Waals surface area contributed by atoms with Gasteiger partial charge in [-0.1, -0.05) is 35.0 Å². The molecule has 0 radical (unpaired) electrons. The maximum Gasteiger partial charge on any atom is 0.317 e. The van der Waals surface area contributed by atoms with Crippen molar-refractivity contribution in [3.05, 3.63) is 34.3 Å². The molecule has 0 bridgehead atoms. The van der Waals surface area contributed by atoms with E-state index >= 15 is 0 Å². The van der Waals surface area contributed by atoms with Gasteiger partial charge in [0.15, 0.2) is 0 Å². The van der Waals surface area contributed by atoms with Crippen molar-refractivity contribution < 1.29 is 14.7 Å². The van der Waals surface area contributed by atoms with Crippen LogP contribution in [0.5, 0.6) is 0 Å². The van der Waals surface area contributed by atoms with Crippen LogP contribution in [0.1, 0.15) is 25.5 Å². The fourth-order valence-corrected chi connectivity index (χ4v) is 2.83. The monoisotopic (exact) mass is 354 g/mol. The standard InChI is InChI=1S/C15H19BrN2O3/c1-9-7-18(8-13(9)14(19)20)15(21)17-10(2)11-3-5-12(16)6-4-11/h3-6,9-10,13H,7-8H2,1-2H3,(H,17,21)(H,19,20)/t9-,10?,13-/m1/s1. The first-order valence-corrected chi connectivity index (χ1v) is 7.71. The van der Waals surface area contributed by atoms with E-state index in [0.717, 1.165) is 10.0 Å². The van der Waals surface area contributed by atoms with Gasteiger partial charge in [0.25, 0.3) is 0 Å². The minimum Gasteiger partial charge on any atom is -0.481 e. The Hall–Kier alpha value is -1.56. The Kier molecular flexibility index (Phi) is 4.88. The lowest BCUT2D eigenvalue weighted by molar-refractivity contribution is -0.142. The number of carbonyl (C=O) groups is 2. The van der Waals surface area contributed by atoms with Crippen molar-refractivity contribution in [3.63, 3.8) is 0 Å². The number of benzene rings is 1. The average molecular weight is 355 g/mol. The van der Waals surface area contributed by atoms with E-state index in [0.29, 0.717) is 6.54 Å². The number of hydrogen-bond acceptors (Lipinski definition) is 2. The van der Waals surface area contributed by atoms with Gasteiger partial charge in [-0.15, -0.1) is 0 Å². The molecular formula is C15H19BrN2O3. The minimum absolute atomic E-state index is 0.0174. The van der Waals surface area contributed by atoms with E-state index in [1.807, 2.05) is 38.1 Å². The lowest BCUT2D eigenvalue weighted by Gasteiger charge is -2.21. The SMILES string of the molecule is CC(NC(=O)N1C[C@@H](C)[C@H](C(=O)O)C1)c1ccc(Br)cc1. The molecular weight excluding hydrogens is 336 g/mol. The lowest BCUT2D eigenvalue weighted by Crippen LogP contribution is -2.40. The quantitative estimate of drug-likeness (QED) is 0.876. The molecule has 0 saturated carbocycles. The van der Waals surface area contributed by atoms with E-state index in [1.165, 1.54) is 0 Å². The van der Waals surface area contributed by atoms with Crippen molar-refractivity contribution in [2.45, 2.75) is 19.9 Å². The summed E-state index contributed by atoms with van der Waals surface area (Å²) in [5, 5.41) is 12.0. The number of amides is 2. The first-order valence-electron chi connectivity index (χ1n) is 6.92. The summed E-state index contributed by atoms with van der Waals surface area (Å²) in [7, 11) is 0. The van der Waals surface area contributed by atoms with Crippen LogP contribution in [-0.4, -0.2) is 35.1 Å². The van der Waals surface area contributed by atoms with Gasteiger partial charge in [0.05, 0.1) is 12.0 Å². The largest absolute Gasteiger partial charge is 0.481 e. The molecule has 1 saturated heterocycles. The number of carboxylic acids is 1. The molecule has 1 heterocycles. The third-order valence-corrected chi connectivity index (χ3v) is 4.46. The van der Waals surface area contributed by atoms with Crippen LogP contribution in [0.3, 0.4) is 0 Å². The lowest BCUT2D eigenvalue weighted by atomic mass is 9.99. The van der Waals surface area contributed by atoms with Crippen molar-refractivity contribution in [3.8, 4) is 0 Å². The predicted octanol–water partition coefficient (Wildman–Crippen LogP) is 2.87. The number of hydrogen-bond donors (Lipinski definition) is 2. The Morgan fingerprint density at radius 2 is 1.95 bits per heavy atom. The predicted molar refractivity (Wildman–Crippen MR) is 83.0 cm³/mol. The zero-order valence-corrected chi connectivity index (χ0v) is 13.6. The number of rotatable bonds is 3. The summed E-state index contributed by atoms with van der Waals surface area (Å²) in [5.74, 6) is -1.33. The van der Waals surface area contributed by atoms with Crippen LogP contribution in [0.4, 0.5) is 4.79 Å². The third kappa shape index (κ3) is 3.75. The Balaban J connectivity index is 1.95. The van der Waals surface area contributed by atoms with Gasteiger partial charge in [-0.25, -0.2) is 4.79 Å². The van der Waals surface area contributed by atoms with Crippen molar-refractivity contribution in [1.82, 2.24) is 10.2 Å².